The molecule has 0 bridgehead atoms. The molecule has 2 aromatic carbocycles. The van der Waals surface area contributed by atoms with Crippen LogP contribution in [0.5, 0.6) is 17.2 Å². The molecule has 1 fully saturated rings. The number of amides is 1. The lowest BCUT2D eigenvalue weighted by Crippen LogP contribution is -2.32. The quantitative estimate of drug-likeness (QED) is 0.628. The summed E-state index contributed by atoms with van der Waals surface area (Å²) in [5.41, 5.74) is 1.12. The van der Waals surface area contributed by atoms with Gasteiger partial charge in [-0.3, -0.25) is 4.79 Å². The monoisotopic (exact) mass is 460 g/mol. The van der Waals surface area contributed by atoms with Crippen LogP contribution in [0.1, 0.15) is 48.7 Å². The van der Waals surface area contributed by atoms with Crippen molar-refractivity contribution in [3.63, 3.8) is 0 Å². The van der Waals surface area contributed by atoms with Crippen molar-refractivity contribution in [2.45, 2.75) is 43.7 Å². The summed E-state index contributed by atoms with van der Waals surface area (Å²) >= 11 is 0. The molecule has 4 rings (SSSR count). The Morgan fingerprint density at radius 3 is 2.44 bits per heavy atom. The molecule has 0 saturated heterocycles. The normalized spacial score (nSPS) is 16.5. The molecule has 1 heterocycles. The van der Waals surface area contributed by atoms with Gasteiger partial charge >= 0.3 is 0 Å². The van der Waals surface area contributed by atoms with Gasteiger partial charge < -0.3 is 19.5 Å². The van der Waals surface area contributed by atoms with Crippen molar-refractivity contribution in [2.24, 2.45) is 5.92 Å². The molecule has 2 N–H and O–H groups in total. The molecular formula is C23H28N2O6S. The van der Waals surface area contributed by atoms with Crippen LogP contribution < -0.4 is 24.2 Å². The van der Waals surface area contributed by atoms with Gasteiger partial charge in [0.1, 0.15) is 23.9 Å². The second kappa shape index (κ2) is 8.99. The fraction of sp³-hybridized carbons (Fsp3) is 0.435. The van der Waals surface area contributed by atoms with E-state index >= 15 is 0 Å². The Morgan fingerprint density at radius 2 is 1.78 bits per heavy atom. The molecular weight excluding hydrogens is 432 g/mol. The van der Waals surface area contributed by atoms with E-state index in [1.54, 1.807) is 6.07 Å². The molecule has 0 radical (unpaired) electrons. The van der Waals surface area contributed by atoms with E-state index in [9.17, 15) is 13.2 Å². The number of rotatable bonds is 8. The van der Waals surface area contributed by atoms with Crippen LogP contribution in [-0.2, 0) is 10.0 Å². The predicted octanol–water partition coefficient (Wildman–Crippen LogP) is 3.03. The third-order valence-electron chi connectivity index (χ3n) is 5.49. The number of carbonyl (C=O) groups is 1. The molecule has 1 saturated carbocycles. The van der Waals surface area contributed by atoms with Gasteiger partial charge in [0, 0.05) is 11.6 Å². The SMILES string of the molecule is COc1ccc(C(=O)N[C@@H](c2ccc3c(c2)OCCO3)C(C)C)cc1S(=O)(=O)NC1CC1. The second-order valence-corrected chi connectivity index (χ2v) is 10.0. The van der Waals surface area contributed by atoms with Crippen LogP contribution in [0, 0.1) is 5.92 Å². The highest BCUT2D eigenvalue weighted by atomic mass is 32.2. The Kier molecular flexibility index (Phi) is 6.30. The Bertz CT molecular complexity index is 1110. The average molecular weight is 461 g/mol. The average Bonchev–Trinajstić information content (AvgIpc) is 3.59. The summed E-state index contributed by atoms with van der Waals surface area (Å²) in [5, 5.41) is 3.03. The highest BCUT2D eigenvalue weighted by molar-refractivity contribution is 7.89. The molecule has 1 aliphatic heterocycles. The summed E-state index contributed by atoms with van der Waals surface area (Å²) in [4.78, 5) is 13.1. The number of ether oxygens (including phenoxy) is 3. The molecule has 2 aliphatic rings. The van der Waals surface area contributed by atoms with Crippen LogP contribution in [0.15, 0.2) is 41.3 Å². The van der Waals surface area contributed by atoms with Crippen molar-refractivity contribution in [1.82, 2.24) is 10.0 Å². The lowest BCUT2D eigenvalue weighted by molar-refractivity contribution is 0.0925. The van der Waals surface area contributed by atoms with Crippen LogP contribution in [0.3, 0.4) is 0 Å². The maximum Gasteiger partial charge on any atom is 0.251 e. The zero-order valence-corrected chi connectivity index (χ0v) is 19.2. The van der Waals surface area contributed by atoms with Crippen LogP contribution in [0.4, 0.5) is 0 Å². The van der Waals surface area contributed by atoms with Crippen molar-refractivity contribution in [1.29, 1.82) is 0 Å². The van der Waals surface area contributed by atoms with Gasteiger partial charge in [-0.2, -0.15) is 0 Å². The first-order chi connectivity index (χ1) is 15.3. The Balaban J connectivity index is 1.59. The first kappa shape index (κ1) is 22.4. The standard InChI is InChI=1S/C23H28N2O6S/c1-14(2)22(15-4-8-18-20(12-15)31-11-10-30-18)24-23(26)16-5-9-19(29-3)21(13-16)32(27,28)25-17-6-7-17/h4-5,8-9,12-14,17,22,25H,6-7,10-11H2,1-3H3,(H,24,26)/t22-/m1/s1. The minimum absolute atomic E-state index is 0.0417. The van der Waals surface area contributed by atoms with Crippen molar-refractivity contribution in [2.75, 3.05) is 20.3 Å². The van der Waals surface area contributed by atoms with Crippen molar-refractivity contribution in [3.05, 3.63) is 47.5 Å². The van der Waals surface area contributed by atoms with Gasteiger partial charge in [-0.25, -0.2) is 13.1 Å². The minimum atomic E-state index is -3.79. The molecule has 0 spiro atoms. The molecule has 172 valence electrons. The van der Waals surface area contributed by atoms with Gasteiger partial charge in [0.05, 0.1) is 13.2 Å². The molecule has 9 heteroatoms. The number of hydrogen-bond acceptors (Lipinski definition) is 6. The second-order valence-electron chi connectivity index (χ2n) is 8.36. The molecule has 1 atom stereocenters. The molecule has 1 aliphatic carbocycles. The number of methoxy groups -OCH3 is 1. The summed E-state index contributed by atoms with van der Waals surface area (Å²) in [6.45, 7) is 5.00. The van der Waals surface area contributed by atoms with Crippen LogP contribution in [0.25, 0.3) is 0 Å². The van der Waals surface area contributed by atoms with E-state index in [1.165, 1.54) is 19.2 Å². The third kappa shape index (κ3) is 4.83. The van der Waals surface area contributed by atoms with E-state index in [1.807, 2.05) is 32.0 Å². The number of fused-ring (bicyclic) bond motifs is 1. The van der Waals surface area contributed by atoms with Gasteiger partial charge in [0.25, 0.3) is 5.91 Å². The first-order valence-electron chi connectivity index (χ1n) is 10.7. The summed E-state index contributed by atoms with van der Waals surface area (Å²) in [5.74, 6) is 1.24. The summed E-state index contributed by atoms with van der Waals surface area (Å²) in [7, 11) is -2.38. The van der Waals surface area contributed by atoms with Gasteiger partial charge in [-0.05, 0) is 54.7 Å². The van der Waals surface area contributed by atoms with Gasteiger partial charge in [-0.1, -0.05) is 19.9 Å². The fourth-order valence-electron chi connectivity index (χ4n) is 3.62. The Hall–Kier alpha value is -2.78. The van der Waals surface area contributed by atoms with Crippen molar-refractivity contribution in [3.8, 4) is 17.2 Å². The molecule has 8 nitrogen and oxygen atoms in total. The Morgan fingerprint density at radius 1 is 1.06 bits per heavy atom. The number of carbonyl (C=O) groups excluding carboxylic acids is 1. The lowest BCUT2D eigenvalue weighted by Gasteiger charge is -2.25. The molecule has 1 amide bonds. The molecule has 2 aromatic rings. The van der Waals surface area contributed by atoms with E-state index in [0.717, 1.165) is 18.4 Å². The zero-order valence-electron chi connectivity index (χ0n) is 18.4. The van der Waals surface area contributed by atoms with Crippen molar-refractivity contribution >= 4 is 15.9 Å². The number of sulfonamides is 1. The number of benzene rings is 2. The van der Waals surface area contributed by atoms with Crippen molar-refractivity contribution < 1.29 is 27.4 Å². The first-order valence-corrected chi connectivity index (χ1v) is 12.2. The van der Waals surface area contributed by atoms with E-state index in [2.05, 4.69) is 10.0 Å². The largest absolute Gasteiger partial charge is 0.495 e. The van der Waals surface area contributed by atoms with Crippen LogP contribution >= 0.6 is 0 Å². The number of hydrogen-bond donors (Lipinski definition) is 2. The van der Waals surface area contributed by atoms with Gasteiger partial charge in [0.15, 0.2) is 11.5 Å². The maximum atomic E-state index is 13.1. The number of nitrogens with one attached hydrogen (secondary N) is 2. The Labute approximate surface area is 188 Å². The fourth-order valence-corrected chi connectivity index (χ4v) is 5.12. The van der Waals surface area contributed by atoms with Gasteiger partial charge in [0.2, 0.25) is 10.0 Å². The van der Waals surface area contributed by atoms with E-state index in [4.69, 9.17) is 14.2 Å². The summed E-state index contributed by atoms with van der Waals surface area (Å²) in [6, 6.07) is 9.70. The zero-order chi connectivity index (χ0) is 22.9. The van der Waals surface area contributed by atoms with Gasteiger partial charge in [-0.15, -0.1) is 0 Å². The highest BCUT2D eigenvalue weighted by Crippen LogP contribution is 2.35. The summed E-state index contributed by atoms with van der Waals surface area (Å²) < 4.78 is 44.7. The lowest BCUT2D eigenvalue weighted by atomic mass is 9.95. The van der Waals surface area contributed by atoms with Crippen LogP contribution in [0.2, 0.25) is 0 Å². The smallest absolute Gasteiger partial charge is 0.251 e. The maximum absolute atomic E-state index is 13.1. The molecule has 0 unspecified atom stereocenters. The topological polar surface area (TPSA) is 103 Å². The van der Waals surface area contributed by atoms with E-state index < -0.39 is 10.0 Å². The van der Waals surface area contributed by atoms with Crippen LogP contribution in [-0.4, -0.2) is 40.7 Å². The molecule has 32 heavy (non-hydrogen) atoms. The predicted molar refractivity (Wildman–Crippen MR) is 119 cm³/mol. The van der Waals surface area contributed by atoms with E-state index in [-0.39, 0.29) is 40.1 Å². The highest BCUT2D eigenvalue weighted by Gasteiger charge is 2.31. The summed E-state index contributed by atoms with van der Waals surface area (Å²) in [6.07, 6.45) is 1.63. The minimum Gasteiger partial charge on any atom is -0.495 e. The third-order valence-corrected chi connectivity index (χ3v) is 7.03. The van der Waals surface area contributed by atoms with E-state index in [0.29, 0.717) is 24.7 Å². The molecule has 0 aromatic heterocycles.